The number of ketones is 1. The molecule has 1 aliphatic heterocycles. The highest BCUT2D eigenvalue weighted by Crippen LogP contribution is 2.32. The highest BCUT2D eigenvalue weighted by Gasteiger charge is 2.22. The maximum absolute atomic E-state index is 12.7. The van der Waals surface area contributed by atoms with Crippen LogP contribution in [0.15, 0.2) is 48.7 Å². The van der Waals surface area contributed by atoms with E-state index in [9.17, 15) is 4.79 Å². The summed E-state index contributed by atoms with van der Waals surface area (Å²) in [5.41, 5.74) is 8.71. The summed E-state index contributed by atoms with van der Waals surface area (Å²) in [5.74, 6) is 2.50. The van der Waals surface area contributed by atoms with E-state index in [4.69, 9.17) is 19.9 Å². The van der Waals surface area contributed by atoms with E-state index in [0.29, 0.717) is 29.6 Å². The largest absolute Gasteiger partial charge is 0.494 e. The van der Waals surface area contributed by atoms with Gasteiger partial charge in [-0.2, -0.15) is 0 Å². The van der Waals surface area contributed by atoms with Crippen molar-refractivity contribution in [2.75, 3.05) is 19.1 Å². The number of Topliss-reactive ketones (excluding diaryl/α,β-unsaturated/α-hetero) is 1. The Morgan fingerprint density at radius 1 is 1.18 bits per heavy atom. The molecule has 0 unspecified atom stereocenters. The van der Waals surface area contributed by atoms with Crippen molar-refractivity contribution < 1.29 is 23.6 Å². The molecule has 0 amide bonds. The lowest BCUT2D eigenvalue weighted by Gasteiger charge is -2.03. The zero-order valence-electron chi connectivity index (χ0n) is 15.8. The molecule has 0 spiro atoms. The van der Waals surface area contributed by atoms with Crippen molar-refractivity contribution in [1.29, 1.82) is 0 Å². The predicted molar refractivity (Wildman–Crippen MR) is 104 cm³/mol. The number of carbonyl (C=O) groups is 1. The van der Waals surface area contributed by atoms with E-state index < -0.39 is 0 Å². The third kappa shape index (κ3) is 3.26. The van der Waals surface area contributed by atoms with Gasteiger partial charge in [0.1, 0.15) is 24.2 Å². The number of aromatic nitrogens is 2. The van der Waals surface area contributed by atoms with Crippen LogP contribution in [-0.2, 0) is 13.6 Å². The Balaban J connectivity index is 1.57. The zero-order valence-corrected chi connectivity index (χ0v) is 15.8. The maximum atomic E-state index is 12.7. The lowest BCUT2D eigenvalue weighted by atomic mass is 10.1. The van der Waals surface area contributed by atoms with Crippen LogP contribution in [0.25, 0.3) is 11.3 Å². The predicted octanol–water partition coefficient (Wildman–Crippen LogP) is 2.57. The fourth-order valence-electron chi connectivity index (χ4n) is 3.22. The molecule has 7 heteroatoms. The van der Waals surface area contributed by atoms with Crippen molar-refractivity contribution in [3.8, 4) is 28.5 Å². The first-order valence-electron chi connectivity index (χ1n) is 9.07. The number of ether oxygens (including phenoxy) is 3. The monoisotopic (exact) mass is 380 g/mol. The van der Waals surface area contributed by atoms with Crippen LogP contribution in [0.1, 0.15) is 17.3 Å². The van der Waals surface area contributed by atoms with Crippen molar-refractivity contribution in [3.63, 3.8) is 0 Å². The number of benzene rings is 2. The van der Waals surface area contributed by atoms with Gasteiger partial charge in [0.05, 0.1) is 13.7 Å². The molecular formula is C21H22N3O4+. The Morgan fingerprint density at radius 3 is 2.68 bits per heavy atom. The second kappa shape index (κ2) is 7.26. The molecule has 2 aromatic carbocycles. The number of nitrogens with two attached hydrogens (primary N) is 1. The summed E-state index contributed by atoms with van der Waals surface area (Å²) >= 11 is 0. The zero-order chi connectivity index (χ0) is 19.7. The quantitative estimate of drug-likeness (QED) is 0.525. The van der Waals surface area contributed by atoms with Gasteiger partial charge in [0.2, 0.25) is 6.79 Å². The summed E-state index contributed by atoms with van der Waals surface area (Å²) in [6, 6.07) is 13.0. The number of hydrogen-bond donors (Lipinski definition) is 1. The number of carbonyl (C=O) groups excluding carboxylic acids is 1. The van der Waals surface area contributed by atoms with E-state index in [0.717, 1.165) is 17.0 Å². The molecule has 1 aliphatic rings. The number of fused-ring (bicyclic) bond motifs is 1. The van der Waals surface area contributed by atoms with Gasteiger partial charge >= 0.3 is 5.95 Å². The molecule has 0 radical (unpaired) electrons. The van der Waals surface area contributed by atoms with Crippen molar-refractivity contribution in [1.82, 2.24) is 4.57 Å². The van der Waals surface area contributed by atoms with Gasteiger partial charge in [-0.3, -0.25) is 10.5 Å². The number of anilines is 1. The first kappa shape index (κ1) is 17.9. The molecule has 0 atom stereocenters. The van der Waals surface area contributed by atoms with E-state index in [2.05, 4.69) is 0 Å². The summed E-state index contributed by atoms with van der Waals surface area (Å²) < 4.78 is 19.7. The van der Waals surface area contributed by atoms with E-state index >= 15 is 0 Å². The van der Waals surface area contributed by atoms with E-state index in [-0.39, 0.29) is 19.1 Å². The highest BCUT2D eigenvalue weighted by molar-refractivity contribution is 5.95. The molecule has 4 rings (SSSR count). The van der Waals surface area contributed by atoms with Crippen LogP contribution in [0.3, 0.4) is 0 Å². The third-order valence-electron chi connectivity index (χ3n) is 4.75. The molecule has 2 heterocycles. The van der Waals surface area contributed by atoms with Gasteiger partial charge in [0.25, 0.3) is 0 Å². The van der Waals surface area contributed by atoms with E-state index in [1.807, 2.05) is 49.0 Å². The molecule has 0 bridgehead atoms. The molecule has 0 saturated carbocycles. The van der Waals surface area contributed by atoms with Gasteiger partial charge in [0.15, 0.2) is 17.3 Å². The Labute approximate surface area is 162 Å². The smallest absolute Gasteiger partial charge is 0.355 e. The maximum Gasteiger partial charge on any atom is 0.355 e. The summed E-state index contributed by atoms with van der Waals surface area (Å²) in [5, 5.41) is 0. The second-order valence-electron chi connectivity index (χ2n) is 6.51. The summed E-state index contributed by atoms with van der Waals surface area (Å²) in [6.07, 6.45) is 1.88. The fourth-order valence-corrected chi connectivity index (χ4v) is 3.22. The van der Waals surface area contributed by atoms with Crippen LogP contribution < -0.4 is 24.5 Å². The normalized spacial score (nSPS) is 12.2. The number of rotatable bonds is 6. The molecule has 0 fully saturated rings. The molecule has 7 nitrogen and oxygen atoms in total. The fraction of sp³-hybridized carbons (Fsp3) is 0.238. The topological polar surface area (TPSA) is 79.6 Å². The molecule has 28 heavy (non-hydrogen) atoms. The van der Waals surface area contributed by atoms with Crippen LogP contribution in [0.4, 0.5) is 5.95 Å². The lowest BCUT2D eigenvalue weighted by molar-refractivity contribution is -0.667. The molecule has 0 saturated heterocycles. The lowest BCUT2D eigenvalue weighted by Crippen LogP contribution is -2.39. The SMILES string of the molecule is CCOc1ccc(-c2c[n+](CC(=O)c3ccc4c(c3)OCO4)c(N)n2C)cc1. The third-order valence-corrected chi connectivity index (χ3v) is 4.75. The average Bonchev–Trinajstić information content (AvgIpc) is 3.28. The Bertz CT molecular complexity index is 1020. The van der Waals surface area contributed by atoms with Gasteiger partial charge in [-0.15, -0.1) is 0 Å². The molecule has 3 aromatic rings. The first-order chi connectivity index (χ1) is 13.6. The first-order valence-corrected chi connectivity index (χ1v) is 9.07. The number of imidazole rings is 1. The summed E-state index contributed by atoms with van der Waals surface area (Å²) in [6.45, 7) is 2.89. The van der Waals surface area contributed by atoms with Gasteiger partial charge < -0.3 is 14.2 Å². The minimum atomic E-state index is -0.0566. The minimum absolute atomic E-state index is 0.0566. The molecular weight excluding hydrogens is 358 g/mol. The number of hydrogen-bond acceptors (Lipinski definition) is 5. The van der Waals surface area contributed by atoms with Crippen LogP contribution in [0.5, 0.6) is 17.2 Å². The molecule has 144 valence electrons. The van der Waals surface area contributed by atoms with Gasteiger partial charge in [-0.25, -0.2) is 9.13 Å². The Hall–Kier alpha value is -3.48. The van der Waals surface area contributed by atoms with Gasteiger partial charge in [0, 0.05) is 11.1 Å². The minimum Gasteiger partial charge on any atom is -0.494 e. The highest BCUT2D eigenvalue weighted by atomic mass is 16.7. The molecule has 1 aromatic heterocycles. The van der Waals surface area contributed by atoms with Gasteiger partial charge in [-0.05, 0) is 49.4 Å². The van der Waals surface area contributed by atoms with Crippen LogP contribution >= 0.6 is 0 Å². The summed E-state index contributed by atoms with van der Waals surface area (Å²) in [7, 11) is 1.88. The molecule has 2 N–H and O–H groups in total. The van der Waals surface area contributed by atoms with Crippen LogP contribution in [-0.4, -0.2) is 23.8 Å². The number of nitrogens with zero attached hydrogens (tertiary/aromatic N) is 2. The van der Waals surface area contributed by atoms with Crippen molar-refractivity contribution in [2.24, 2.45) is 7.05 Å². The van der Waals surface area contributed by atoms with Crippen molar-refractivity contribution in [3.05, 3.63) is 54.2 Å². The second-order valence-corrected chi connectivity index (χ2v) is 6.51. The average molecular weight is 380 g/mol. The van der Waals surface area contributed by atoms with E-state index in [1.54, 1.807) is 22.8 Å². The Morgan fingerprint density at radius 2 is 1.93 bits per heavy atom. The van der Waals surface area contributed by atoms with Crippen LogP contribution in [0, 0.1) is 0 Å². The standard InChI is InChI=1S/C21H21N3O4/c1-3-26-16-7-4-14(5-8-16)17-11-24(21(22)23(17)2)12-18(25)15-6-9-19-20(10-15)28-13-27-19/h4-11,22H,3,12-13H2,1-2H3/p+1. The van der Waals surface area contributed by atoms with E-state index in [1.165, 1.54) is 0 Å². The van der Waals surface area contributed by atoms with Crippen molar-refractivity contribution >= 4 is 11.7 Å². The van der Waals surface area contributed by atoms with Crippen LogP contribution in [0.2, 0.25) is 0 Å². The van der Waals surface area contributed by atoms with Crippen molar-refractivity contribution in [2.45, 2.75) is 13.5 Å². The number of nitrogen functional groups attached to an aromatic ring is 1. The summed E-state index contributed by atoms with van der Waals surface area (Å²) in [4.78, 5) is 12.7. The Kier molecular flexibility index (Phi) is 4.65. The van der Waals surface area contributed by atoms with Gasteiger partial charge in [-0.1, -0.05) is 0 Å². The molecule has 0 aliphatic carbocycles.